The minimum Gasteiger partial charge on any atom is -0.374 e. The molecule has 6 heteroatoms. The van der Waals surface area contributed by atoms with Crippen LogP contribution >= 0.6 is 0 Å². The predicted molar refractivity (Wildman–Crippen MR) is 81.0 cm³/mol. The normalized spacial score (nSPS) is 23.2. The van der Waals surface area contributed by atoms with Crippen LogP contribution in [0.5, 0.6) is 0 Å². The SMILES string of the molecule is O=C1CC[C@H](Nc2ccc(C3CCNCC3)c(F)c2)C(=O)N1. The first-order chi connectivity index (χ1) is 10.6. The van der Waals surface area contributed by atoms with Crippen molar-refractivity contribution in [2.45, 2.75) is 37.6 Å². The van der Waals surface area contributed by atoms with Gasteiger partial charge in [0.25, 0.3) is 0 Å². The van der Waals surface area contributed by atoms with Gasteiger partial charge in [0.15, 0.2) is 0 Å². The zero-order valence-corrected chi connectivity index (χ0v) is 12.3. The summed E-state index contributed by atoms with van der Waals surface area (Å²) in [6.07, 6.45) is 2.62. The highest BCUT2D eigenvalue weighted by molar-refractivity contribution is 6.01. The summed E-state index contributed by atoms with van der Waals surface area (Å²) in [5.74, 6) is -0.579. The third-order valence-corrected chi connectivity index (χ3v) is 4.36. The molecule has 0 spiro atoms. The molecule has 2 saturated heterocycles. The van der Waals surface area contributed by atoms with Crippen LogP contribution in [0.3, 0.4) is 0 Å². The molecule has 3 rings (SSSR count). The highest BCUT2D eigenvalue weighted by Gasteiger charge is 2.26. The van der Waals surface area contributed by atoms with E-state index in [9.17, 15) is 14.0 Å². The summed E-state index contributed by atoms with van der Waals surface area (Å²) >= 11 is 0. The Kier molecular flexibility index (Phi) is 4.38. The zero-order valence-electron chi connectivity index (χ0n) is 12.3. The molecule has 2 aliphatic heterocycles. The first-order valence-corrected chi connectivity index (χ1v) is 7.74. The van der Waals surface area contributed by atoms with Gasteiger partial charge in [-0.15, -0.1) is 0 Å². The van der Waals surface area contributed by atoms with Crippen molar-refractivity contribution in [2.24, 2.45) is 0 Å². The second-order valence-corrected chi connectivity index (χ2v) is 5.91. The Bertz CT molecular complexity index is 585. The number of imide groups is 1. The zero-order chi connectivity index (χ0) is 15.5. The monoisotopic (exact) mass is 305 g/mol. The van der Waals surface area contributed by atoms with Gasteiger partial charge in [0.2, 0.25) is 11.8 Å². The Morgan fingerprint density at radius 1 is 1.14 bits per heavy atom. The lowest BCUT2D eigenvalue weighted by molar-refractivity contribution is -0.133. The number of anilines is 1. The maximum Gasteiger partial charge on any atom is 0.249 e. The highest BCUT2D eigenvalue weighted by atomic mass is 19.1. The van der Waals surface area contributed by atoms with Gasteiger partial charge in [-0.25, -0.2) is 4.39 Å². The van der Waals surface area contributed by atoms with Crippen molar-refractivity contribution < 1.29 is 14.0 Å². The van der Waals surface area contributed by atoms with Crippen LogP contribution in [0, 0.1) is 5.82 Å². The molecule has 1 aromatic rings. The van der Waals surface area contributed by atoms with E-state index in [4.69, 9.17) is 0 Å². The second kappa shape index (κ2) is 6.44. The molecule has 0 bridgehead atoms. The van der Waals surface area contributed by atoms with Crippen molar-refractivity contribution >= 4 is 17.5 Å². The van der Waals surface area contributed by atoms with Crippen molar-refractivity contribution in [1.82, 2.24) is 10.6 Å². The molecule has 2 heterocycles. The van der Waals surface area contributed by atoms with Crippen molar-refractivity contribution in [3.63, 3.8) is 0 Å². The Hall–Kier alpha value is -1.95. The summed E-state index contributed by atoms with van der Waals surface area (Å²) in [7, 11) is 0. The van der Waals surface area contributed by atoms with E-state index in [1.807, 2.05) is 6.07 Å². The number of halogens is 1. The number of benzene rings is 1. The number of nitrogens with one attached hydrogen (secondary N) is 3. The Balaban J connectivity index is 1.69. The van der Waals surface area contributed by atoms with Crippen LogP contribution in [0.15, 0.2) is 18.2 Å². The number of amides is 2. The molecule has 2 amide bonds. The summed E-state index contributed by atoms with van der Waals surface area (Å²) in [4.78, 5) is 22.8. The largest absolute Gasteiger partial charge is 0.374 e. The summed E-state index contributed by atoms with van der Waals surface area (Å²) in [6.45, 7) is 1.83. The van der Waals surface area contributed by atoms with Crippen LogP contribution in [-0.4, -0.2) is 30.9 Å². The summed E-state index contributed by atoms with van der Waals surface area (Å²) in [5.41, 5.74) is 1.32. The molecule has 1 atom stereocenters. The molecule has 2 fully saturated rings. The molecule has 118 valence electrons. The molecule has 0 unspecified atom stereocenters. The lowest BCUT2D eigenvalue weighted by Gasteiger charge is -2.25. The molecule has 2 aliphatic rings. The van der Waals surface area contributed by atoms with E-state index in [2.05, 4.69) is 16.0 Å². The number of piperidine rings is 2. The molecule has 0 saturated carbocycles. The van der Waals surface area contributed by atoms with E-state index in [1.54, 1.807) is 6.07 Å². The molecule has 0 aromatic heterocycles. The third-order valence-electron chi connectivity index (χ3n) is 4.36. The fourth-order valence-corrected chi connectivity index (χ4v) is 3.11. The minimum absolute atomic E-state index is 0.232. The number of rotatable bonds is 3. The summed E-state index contributed by atoms with van der Waals surface area (Å²) in [6, 6.07) is 4.58. The molecule has 1 aromatic carbocycles. The van der Waals surface area contributed by atoms with Gasteiger partial charge in [-0.1, -0.05) is 6.07 Å². The Morgan fingerprint density at radius 3 is 2.59 bits per heavy atom. The Morgan fingerprint density at radius 2 is 1.91 bits per heavy atom. The maximum absolute atomic E-state index is 14.3. The third kappa shape index (κ3) is 3.27. The highest BCUT2D eigenvalue weighted by Crippen LogP contribution is 2.29. The lowest BCUT2D eigenvalue weighted by atomic mass is 9.89. The van der Waals surface area contributed by atoms with Crippen LogP contribution in [0.25, 0.3) is 0 Å². The quantitative estimate of drug-likeness (QED) is 0.740. The fourth-order valence-electron chi connectivity index (χ4n) is 3.11. The van der Waals surface area contributed by atoms with Gasteiger partial charge < -0.3 is 10.6 Å². The van der Waals surface area contributed by atoms with Crippen molar-refractivity contribution in [2.75, 3.05) is 18.4 Å². The van der Waals surface area contributed by atoms with Gasteiger partial charge >= 0.3 is 0 Å². The first kappa shape index (κ1) is 15.0. The van der Waals surface area contributed by atoms with Gasteiger partial charge in [0.1, 0.15) is 11.9 Å². The van der Waals surface area contributed by atoms with Crippen molar-refractivity contribution in [1.29, 1.82) is 0 Å². The summed E-state index contributed by atoms with van der Waals surface area (Å²) < 4.78 is 14.3. The standard InChI is InChI=1S/C16H20FN3O2/c17-13-9-11(19-14-3-4-15(21)20-16(14)22)1-2-12(13)10-5-7-18-8-6-10/h1-2,9-10,14,18-19H,3-8H2,(H,20,21,22)/t14-/m0/s1. The number of carbonyl (C=O) groups is 2. The molecule has 0 radical (unpaired) electrons. The van der Waals surface area contributed by atoms with E-state index < -0.39 is 6.04 Å². The van der Waals surface area contributed by atoms with Crippen LogP contribution < -0.4 is 16.0 Å². The topological polar surface area (TPSA) is 70.2 Å². The molecule has 5 nitrogen and oxygen atoms in total. The molecule has 3 N–H and O–H groups in total. The molecule has 22 heavy (non-hydrogen) atoms. The van der Waals surface area contributed by atoms with Crippen LogP contribution in [-0.2, 0) is 9.59 Å². The lowest BCUT2D eigenvalue weighted by Crippen LogP contribution is -2.47. The average molecular weight is 305 g/mol. The second-order valence-electron chi connectivity index (χ2n) is 5.91. The fraction of sp³-hybridized carbons (Fsp3) is 0.500. The van der Waals surface area contributed by atoms with Crippen LogP contribution in [0.1, 0.15) is 37.2 Å². The van der Waals surface area contributed by atoms with Gasteiger partial charge in [0, 0.05) is 12.1 Å². The first-order valence-electron chi connectivity index (χ1n) is 7.74. The average Bonchev–Trinajstić information content (AvgIpc) is 2.51. The van der Waals surface area contributed by atoms with Gasteiger partial charge in [0.05, 0.1) is 0 Å². The van der Waals surface area contributed by atoms with E-state index in [1.165, 1.54) is 6.07 Å². The number of hydrogen-bond donors (Lipinski definition) is 3. The van der Waals surface area contributed by atoms with E-state index in [-0.39, 0.29) is 23.5 Å². The van der Waals surface area contributed by atoms with E-state index in [0.717, 1.165) is 31.5 Å². The molecule has 0 aliphatic carbocycles. The van der Waals surface area contributed by atoms with Crippen LogP contribution in [0.4, 0.5) is 10.1 Å². The maximum atomic E-state index is 14.3. The number of hydrogen-bond acceptors (Lipinski definition) is 4. The molecular formula is C16H20FN3O2. The van der Waals surface area contributed by atoms with Gasteiger partial charge in [-0.2, -0.15) is 0 Å². The predicted octanol–water partition coefficient (Wildman–Crippen LogP) is 1.51. The minimum atomic E-state index is -0.484. The number of carbonyl (C=O) groups excluding carboxylic acids is 2. The van der Waals surface area contributed by atoms with Crippen molar-refractivity contribution in [3.05, 3.63) is 29.6 Å². The van der Waals surface area contributed by atoms with Crippen molar-refractivity contribution in [3.8, 4) is 0 Å². The van der Waals surface area contributed by atoms with Crippen LogP contribution in [0.2, 0.25) is 0 Å². The Labute approximate surface area is 128 Å². The van der Waals surface area contributed by atoms with E-state index in [0.29, 0.717) is 18.5 Å². The van der Waals surface area contributed by atoms with Gasteiger partial charge in [-0.3, -0.25) is 14.9 Å². The molecular weight excluding hydrogens is 285 g/mol. The summed E-state index contributed by atoms with van der Waals surface area (Å²) in [5, 5.41) is 8.56. The van der Waals surface area contributed by atoms with Gasteiger partial charge in [-0.05, 0) is 56.0 Å². The van der Waals surface area contributed by atoms with E-state index >= 15 is 0 Å². The smallest absolute Gasteiger partial charge is 0.249 e.